The molecular formula is C15H24ClNO2. The molecule has 0 saturated carbocycles. The fraction of sp³-hybridized carbons (Fsp3) is 0.600. The first-order valence-corrected chi connectivity index (χ1v) is 7.27. The predicted molar refractivity (Wildman–Crippen MR) is 80.1 cm³/mol. The van der Waals surface area contributed by atoms with Gasteiger partial charge in [0.1, 0.15) is 5.75 Å². The van der Waals surface area contributed by atoms with Crippen LogP contribution in [-0.4, -0.2) is 26.9 Å². The second-order valence-corrected chi connectivity index (χ2v) is 4.82. The van der Waals surface area contributed by atoms with E-state index >= 15 is 0 Å². The number of methoxy groups -OCH3 is 1. The number of ether oxygens (including phenoxy) is 2. The van der Waals surface area contributed by atoms with Gasteiger partial charge in [-0.15, -0.1) is 0 Å². The number of rotatable bonds is 10. The van der Waals surface area contributed by atoms with Crippen LogP contribution in [0.5, 0.6) is 5.75 Å². The molecule has 108 valence electrons. The fourth-order valence-electron chi connectivity index (χ4n) is 1.76. The van der Waals surface area contributed by atoms with Crippen LogP contribution in [0.25, 0.3) is 0 Å². The molecule has 0 heterocycles. The molecule has 0 amide bonds. The van der Waals surface area contributed by atoms with Crippen LogP contribution in [0.4, 0.5) is 0 Å². The predicted octanol–water partition coefficient (Wildman–Crippen LogP) is 3.65. The van der Waals surface area contributed by atoms with Gasteiger partial charge < -0.3 is 14.8 Å². The van der Waals surface area contributed by atoms with Crippen molar-refractivity contribution >= 4 is 11.6 Å². The van der Waals surface area contributed by atoms with Crippen LogP contribution in [-0.2, 0) is 11.3 Å². The number of hydrogen-bond acceptors (Lipinski definition) is 3. The van der Waals surface area contributed by atoms with Crippen molar-refractivity contribution in [3.05, 3.63) is 28.8 Å². The Morgan fingerprint density at radius 3 is 2.74 bits per heavy atom. The van der Waals surface area contributed by atoms with E-state index in [2.05, 4.69) is 12.2 Å². The largest absolute Gasteiger partial charge is 0.496 e. The van der Waals surface area contributed by atoms with Crippen LogP contribution in [0.1, 0.15) is 31.7 Å². The fourth-order valence-corrected chi connectivity index (χ4v) is 2.00. The summed E-state index contributed by atoms with van der Waals surface area (Å²) in [5, 5.41) is 4.11. The summed E-state index contributed by atoms with van der Waals surface area (Å²) in [6, 6.07) is 5.71. The van der Waals surface area contributed by atoms with E-state index in [0.717, 1.165) is 55.5 Å². The maximum absolute atomic E-state index is 6.16. The standard InChI is InChI=1S/C15H24ClNO2/c1-3-4-10-19-11-6-9-17-12-13-14(16)7-5-8-15(13)18-2/h5,7-8,17H,3-4,6,9-12H2,1-2H3. The first kappa shape index (κ1) is 16.3. The summed E-state index contributed by atoms with van der Waals surface area (Å²) in [4.78, 5) is 0. The van der Waals surface area contributed by atoms with Gasteiger partial charge in [0.05, 0.1) is 7.11 Å². The lowest BCUT2D eigenvalue weighted by Gasteiger charge is -2.11. The lowest BCUT2D eigenvalue weighted by molar-refractivity contribution is 0.128. The summed E-state index contributed by atoms with van der Waals surface area (Å²) >= 11 is 6.16. The highest BCUT2D eigenvalue weighted by atomic mass is 35.5. The van der Waals surface area contributed by atoms with Crippen LogP contribution in [0.15, 0.2) is 18.2 Å². The molecule has 3 nitrogen and oxygen atoms in total. The number of halogens is 1. The zero-order valence-corrected chi connectivity index (χ0v) is 12.6. The normalized spacial score (nSPS) is 10.7. The molecule has 1 aromatic carbocycles. The second kappa shape index (κ2) is 10.1. The lowest BCUT2D eigenvalue weighted by atomic mass is 10.2. The summed E-state index contributed by atoms with van der Waals surface area (Å²) in [5.41, 5.74) is 1.01. The summed E-state index contributed by atoms with van der Waals surface area (Å²) in [5.74, 6) is 0.833. The van der Waals surface area contributed by atoms with Gasteiger partial charge in [-0.1, -0.05) is 31.0 Å². The van der Waals surface area contributed by atoms with E-state index in [1.807, 2.05) is 18.2 Å². The van der Waals surface area contributed by atoms with Crippen LogP contribution in [0.2, 0.25) is 5.02 Å². The maximum atomic E-state index is 6.16. The van der Waals surface area contributed by atoms with Crippen LogP contribution in [0, 0.1) is 0 Å². The molecular weight excluding hydrogens is 262 g/mol. The third-order valence-corrected chi connectivity index (χ3v) is 3.24. The Bertz CT molecular complexity index is 358. The molecule has 0 aliphatic rings. The minimum Gasteiger partial charge on any atom is -0.496 e. The maximum Gasteiger partial charge on any atom is 0.124 e. The van der Waals surface area contributed by atoms with E-state index in [1.165, 1.54) is 6.42 Å². The zero-order chi connectivity index (χ0) is 13.9. The van der Waals surface area contributed by atoms with Crippen molar-refractivity contribution in [2.45, 2.75) is 32.7 Å². The Balaban J connectivity index is 2.19. The average molecular weight is 286 g/mol. The van der Waals surface area contributed by atoms with Crippen molar-refractivity contribution in [2.24, 2.45) is 0 Å². The van der Waals surface area contributed by atoms with Crippen molar-refractivity contribution in [3.63, 3.8) is 0 Å². The molecule has 4 heteroatoms. The molecule has 1 rings (SSSR count). The first-order chi connectivity index (χ1) is 9.29. The average Bonchev–Trinajstić information content (AvgIpc) is 2.43. The Morgan fingerprint density at radius 2 is 2.00 bits per heavy atom. The zero-order valence-electron chi connectivity index (χ0n) is 11.9. The van der Waals surface area contributed by atoms with Gasteiger partial charge in [-0.05, 0) is 31.5 Å². The van der Waals surface area contributed by atoms with E-state index in [0.29, 0.717) is 0 Å². The molecule has 0 aliphatic heterocycles. The van der Waals surface area contributed by atoms with Crippen molar-refractivity contribution in [3.8, 4) is 5.75 Å². The molecule has 0 saturated heterocycles. The van der Waals surface area contributed by atoms with Gasteiger partial charge in [0.2, 0.25) is 0 Å². The lowest BCUT2D eigenvalue weighted by Crippen LogP contribution is -2.17. The summed E-state index contributed by atoms with van der Waals surface area (Å²) in [7, 11) is 1.66. The smallest absolute Gasteiger partial charge is 0.124 e. The van der Waals surface area contributed by atoms with Gasteiger partial charge in [0, 0.05) is 30.3 Å². The van der Waals surface area contributed by atoms with Crippen molar-refractivity contribution in [1.29, 1.82) is 0 Å². The SMILES string of the molecule is CCCCOCCCNCc1c(Cl)cccc1OC. The highest BCUT2D eigenvalue weighted by Crippen LogP contribution is 2.25. The number of nitrogens with one attached hydrogen (secondary N) is 1. The van der Waals surface area contributed by atoms with Crippen molar-refractivity contribution < 1.29 is 9.47 Å². The third-order valence-electron chi connectivity index (χ3n) is 2.88. The van der Waals surface area contributed by atoms with E-state index in [9.17, 15) is 0 Å². The third kappa shape index (κ3) is 6.28. The molecule has 0 aromatic heterocycles. The van der Waals surface area contributed by atoms with Gasteiger partial charge >= 0.3 is 0 Å². The van der Waals surface area contributed by atoms with Crippen LogP contribution in [0.3, 0.4) is 0 Å². The summed E-state index contributed by atoms with van der Waals surface area (Å²) < 4.78 is 10.8. The highest BCUT2D eigenvalue weighted by Gasteiger charge is 2.06. The monoisotopic (exact) mass is 285 g/mol. The molecule has 0 aliphatic carbocycles. The van der Waals surface area contributed by atoms with Crippen LogP contribution < -0.4 is 10.1 Å². The minimum atomic E-state index is 0.720. The van der Waals surface area contributed by atoms with E-state index in [4.69, 9.17) is 21.1 Å². The van der Waals surface area contributed by atoms with Crippen LogP contribution >= 0.6 is 11.6 Å². The van der Waals surface area contributed by atoms with E-state index < -0.39 is 0 Å². The topological polar surface area (TPSA) is 30.5 Å². The van der Waals surface area contributed by atoms with E-state index in [1.54, 1.807) is 7.11 Å². The Kier molecular flexibility index (Phi) is 8.63. The Hall–Kier alpha value is -0.770. The summed E-state index contributed by atoms with van der Waals surface area (Å²) in [6.07, 6.45) is 3.34. The highest BCUT2D eigenvalue weighted by molar-refractivity contribution is 6.31. The number of benzene rings is 1. The van der Waals surface area contributed by atoms with Crippen molar-refractivity contribution in [1.82, 2.24) is 5.32 Å². The molecule has 0 spiro atoms. The molecule has 0 bridgehead atoms. The molecule has 0 fully saturated rings. The van der Waals surface area contributed by atoms with E-state index in [-0.39, 0.29) is 0 Å². The van der Waals surface area contributed by atoms with Gasteiger partial charge in [0.25, 0.3) is 0 Å². The molecule has 0 unspecified atom stereocenters. The molecule has 1 N–H and O–H groups in total. The molecule has 19 heavy (non-hydrogen) atoms. The quantitative estimate of drug-likeness (QED) is 0.666. The van der Waals surface area contributed by atoms with Crippen molar-refractivity contribution in [2.75, 3.05) is 26.9 Å². The molecule has 0 radical (unpaired) electrons. The minimum absolute atomic E-state index is 0.720. The van der Waals surface area contributed by atoms with Gasteiger partial charge in [-0.3, -0.25) is 0 Å². The van der Waals surface area contributed by atoms with Gasteiger partial charge in [-0.25, -0.2) is 0 Å². The molecule has 0 atom stereocenters. The Morgan fingerprint density at radius 1 is 1.21 bits per heavy atom. The molecule has 1 aromatic rings. The first-order valence-electron chi connectivity index (χ1n) is 6.89. The van der Waals surface area contributed by atoms with Gasteiger partial charge in [0.15, 0.2) is 0 Å². The Labute approximate surface area is 121 Å². The van der Waals surface area contributed by atoms with Gasteiger partial charge in [-0.2, -0.15) is 0 Å². The number of hydrogen-bond donors (Lipinski definition) is 1. The number of unbranched alkanes of at least 4 members (excludes halogenated alkanes) is 1. The summed E-state index contributed by atoms with van der Waals surface area (Å²) in [6.45, 7) is 5.49. The second-order valence-electron chi connectivity index (χ2n) is 4.42.